The third kappa shape index (κ3) is 4.06. The number of allylic oxidation sites excluding steroid dienone is 1. The highest BCUT2D eigenvalue weighted by Crippen LogP contribution is 2.34. The molecule has 26 heavy (non-hydrogen) atoms. The fourth-order valence-corrected chi connectivity index (χ4v) is 3.91. The van der Waals surface area contributed by atoms with E-state index in [1.54, 1.807) is 24.9 Å². The van der Waals surface area contributed by atoms with Gasteiger partial charge >= 0.3 is 0 Å². The summed E-state index contributed by atoms with van der Waals surface area (Å²) in [5.74, 6) is 2.07. The Kier molecular flexibility index (Phi) is 6.25. The van der Waals surface area contributed by atoms with Crippen molar-refractivity contribution in [3.63, 3.8) is 0 Å². The molecule has 3 aromatic rings. The zero-order valence-corrected chi connectivity index (χ0v) is 16.5. The second-order valence-electron chi connectivity index (χ2n) is 5.43. The summed E-state index contributed by atoms with van der Waals surface area (Å²) >= 11 is 14.0. The smallest absolute Gasteiger partial charge is 0.192 e. The minimum atomic E-state index is 0.572. The van der Waals surface area contributed by atoms with Crippen molar-refractivity contribution in [2.75, 3.05) is 7.11 Å². The van der Waals surface area contributed by atoms with Crippen LogP contribution in [0.1, 0.15) is 5.56 Å². The molecular formula is C19H17Cl2N3OS. The van der Waals surface area contributed by atoms with E-state index in [1.807, 2.05) is 47.0 Å². The molecule has 0 saturated heterocycles. The van der Waals surface area contributed by atoms with Crippen LogP contribution in [0.2, 0.25) is 10.0 Å². The van der Waals surface area contributed by atoms with Crippen LogP contribution in [0.4, 0.5) is 0 Å². The molecule has 0 aliphatic rings. The van der Waals surface area contributed by atoms with Gasteiger partial charge in [0.25, 0.3) is 0 Å². The fraction of sp³-hybridized carbons (Fsp3) is 0.158. The molecule has 0 fully saturated rings. The zero-order chi connectivity index (χ0) is 18.5. The van der Waals surface area contributed by atoms with Gasteiger partial charge in [0.1, 0.15) is 5.75 Å². The summed E-state index contributed by atoms with van der Waals surface area (Å²) in [5.41, 5.74) is 1.84. The standard InChI is InChI=1S/C19H17Cl2N3OS/c1-3-10-24-18(15-11-14(20)8-9-17(15)25-2)22-23-19(24)26-12-13-6-4-5-7-16(13)21/h3-9,11H,1,10,12H2,2H3. The summed E-state index contributed by atoms with van der Waals surface area (Å²) < 4.78 is 7.44. The number of nitrogens with zero attached hydrogens (tertiary/aromatic N) is 3. The van der Waals surface area contributed by atoms with Crippen molar-refractivity contribution in [3.05, 3.63) is 70.7 Å². The lowest BCUT2D eigenvalue weighted by Crippen LogP contribution is -2.02. The Balaban J connectivity index is 1.95. The summed E-state index contributed by atoms with van der Waals surface area (Å²) in [6.45, 7) is 4.41. The van der Waals surface area contributed by atoms with Gasteiger partial charge in [-0.2, -0.15) is 0 Å². The largest absolute Gasteiger partial charge is 0.496 e. The van der Waals surface area contributed by atoms with Crippen LogP contribution in [0.25, 0.3) is 11.4 Å². The molecule has 3 rings (SSSR count). The molecule has 0 atom stereocenters. The van der Waals surface area contributed by atoms with Crippen molar-refractivity contribution in [1.29, 1.82) is 0 Å². The van der Waals surface area contributed by atoms with E-state index in [4.69, 9.17) is 27.9 Å². The van der Waals surface area contributed by atoms with Gasteiger partial charge in [0.15, 0.2) is 11.0 Å². The van der Waals surface area contributed by atoms with Crippen LogP contribution < -0.4 is 4.74 Å². The Morgan fingerprint density at radius 1 is 1.19 bits per heavy atom. The van der Waals surface area contributed by atoms with Gasteiger partial charge in [0, 0.05) is 22.3 Å². The van der Waals surface area contributed by atoms with Crippen LogP contribution >= 0.6 is 35.0 Å². The molecule has 7 heteroatoms. The van der Waals surface area contributed by atoms with Crippen molar-refractivity contribution < 1.29 is 4.74 Å². The molecule has 0 saturated carbocycles. The predicted octanol–water partition coefficient (Wildman–Crippen LogP) is 5.74. The van der Waals surface area contributed by atoms with E-state index in [0.29, 0.717) is 28.9 Å². The topological polar surface area (TPSA) is 39.9 Å². The molecular weight excluding hydrogens is 389 g/mol. The summed E-state index contributed by atoms with van der Waals surface area (Å²) in [5, 5.41) is 10.8. The van der Waals surface area contributed by atoms with Crippen LogP contribution in [0.5, 0.6) is 5.75 Å². The van der Waals surface area contributed by atoms with Gasteiger partial charge in [0.2, 0.25) is 0 Å². The number of thioether (sulfide) groups is 1. The Morgan fingerprint density at radius 2 is 2.00 bits per heavy atom. The van der Waals surface area contributed by atoms with E-state index in [2.05, 4.69) is 16.8 Å². The van der Waals surface area contributed by atoms with Crippen molar-refractivity contribution in [1.82, 2.24) is 14.8 Å². The normalized spacial score (nSPS) is 10.7. The number of hydrogen-bond acceptors (Lipinski definition) is 4. The molecule has 1 heterocycles. The molecule has 4 nitrogen and oxygen atoms in total. The van der Waals surface area contributed by atoms with Gasteiger partial charge in [-0.1, -0.05) is 59.2 Å². The van der Waals surface area contributed by atoms with Crippen molar-refractivity contribution in [2.24, 2.45) is 0 Å². The maximum Gasteiger partial charge on any atom is 0.192 e. The molecule has 0 N–H and O–H groups in total. The van der Waals surface area contributed by atoms with Crippen LogP contribution in [0.15, 0.2) is 60.3 Å². The Morgan fingerprint density at radius 3 is 2.73 bits per heavy atom. The molecule has 0 spiro atoms. The van der Waals surface area contributed by atoms with Crippen LogP contribution in [-0.4, -0.2) is 21.9 Å². The van der Waals surface area contributed by atoms with E-state index in [1.165, 1.54) is 0 Å². The average Bonchev–Trinajstić information content (AvgIpc) is 3.04. The third-order valence-corrected chi connectivity index (χ3v) is 5.36. The van der Waals surface area contributed by atoms with Crippen LogP contribution in [-0.2, 0) is 12.3 Å². The second kappa shape index (κ2) is 8.62. The first-order valence-corrected chi connectivity index (χ1v) is 9.62. The summed E-state index contributed by atoms with van der Waals surface area (Å²) in [6.07, 6.45) is 1.81. The van der Waals surface area contributed by atoms with E-state index in [-0.39, 0.29) is 0 Å². The highest BCUT2D eigenvalue weighted by Gasteiger charge is 2.18. The number of halogens is 2. The summed E-state index contributed by atoms with van der Waals surface area (Å²) in [7, 11) is 1.62. The monoisotopic (exact) mass is 405 g/mol. The lowest BCUT2D eigenvalue weighted by molar-refractivity contribution is 0.416. The first-order valence-electron chi connectivity index (χ1n) is 7.88. The van der Waals surface area contributed by atoms with E-state index < -0.39 is 0 Å². The molecule has 0 aliphatic heterocycles. The van der Waals surface area contributed by atoms with Gasteiger partial charge in [-0.3, -0.25) is 4.57 Å². The molecule has 0 aliphatic carbocycles. The molecule has 0 unspecified atom stereocenters. The molecule has 2 aromatic carbocycles. The first-order chi connectivity index (χ1) is 12.6. The molecule has 0 amide bonds. The van der Waals surface area contributed by atoms with Gasteiger partial charge in [-0.05, 0) is 29.8 Å². The molecule has 1 aromatic heterocycles. The molecule has 134 valence electrons. The number of methoxy groups -OCH3 is 1. The summed E-state index contributed by atoms with van der Waals surface area (Å²) in [4.78, 5) is 0. The minimum absolute atomic E-state index is 0.572. The maximum atomic E-state index is 6.25. The zero-order valence-electron chi connectivity index (χ0n) is 14.2. The average molecular weight is 406 g/mol. The number of ether oxygens (including phenoxy) is 1. The SMILES string of the molecule is C=CCn1c(SCc2ccccc2Cl)nnc1-c1cc(Cl)ccc1OC. The number of hydrogen-bond donors (Lipinski definition) is 0. The van der Waals surface area contributed by atoms with E-state index in [9.17, 15) is 0 Å². The van der Waals surface area contributed by atoms with Gasteiger partial charge in [-0.25, -0.2) is 0 Å². The molecule has 0 bridgehead atoms. The van der Waals surface area contributed by atoms with Crippen LogP contribution in [0, 0.1) is 0 Å². The molecule has 0 radical (unpaired) electrons. The predicted molar refractivity (Wildman–Crippen MR) is 108 cm³/mol. The Hall–Kier alpha value is -1.95. The number of aromatic nitrogens is 3. The Labute approximate surface area is 166 Å². The Bertz CT molecular complexity index is 927. The number of rotatable bonds is 7. The fourth-order valence-electron chi connectivity index (χ4n) is 2.50. The lowest BCUT2D eigenvalue weighted by Gasteiger charge is -2.11. The van der Waals surface area contributed by atoms with Gasteiger partial charge in [-0.15, -0.1) is 16.8 Å². The third-order valence-electron chi connectivity index (χ3n) is 3.75. The van der Waals surface area contributed by atoms with Crippen molar-refractivity contribution >= 4 is 35.0 Å². The van der Waals surface area contributed by atoms with Gasteiger partial charge < -0.3 is 4.74 Å². The van der Waals surface area contributed by atoms with Gasteiger partial charge in [0.05, 0.1) is 12.7 Å². The minimum Gasteiger partial charge on any atom is -0.496 e. The summed E-state index contributed by atoms with van der Waals surface area (Å²) in [6, 6.07) is 13.2. The lowest BCUT2D eigenvalue weighted by atomic mass is 10.2. The highest BCUT2D eigenvalue weighted by molar-refractivity contribution is 7.98. The quantitative estimate of drug-likeness (QED) is 0.371. The highest BCUT2D eigenvalue weighted by atomic mass is 35.5. The van der Waals surface area contributed by atoms with Crippen LogP contribution in [0.3, 0.4) is 0 Å². The van der Waals surface area contributed by atoms with E-state index in [0.717, 1.165) is 21.3 Å². The number of benzene rings is 2. The van der Waals surface area contributed by atoms with Crippen molar-refractivity contribution in [2.45, 2.75) is 17.5 Å². The maximum absolute atomic E-state index is 6.25. The second-order valence-corrected chi connectivity index (χ2v) is 7.22. The van der Waals surface area contributed by atoms with E-state index >= 15 is 0 Å². The first kappa shape index (κ1) is 18.8. The van der Waals surface area contributed by atoms with Crippen molar-refractivity contribution in [3.8, 4) is 17.1 Å².